The summed E-state index contributed by atoms with van der Waals surface area (Å²) in [5.74, 6) is 0. The first-order valence-electron chi connectivity index (χ1n) is 7.07. The summed E-state index contributed by atoms with van der Waals surface area (Å²) >= 11 is 0. The molecule has 1 aliphatic rings. The maximum absolute atomic E-state index is 6.02. The number of aromatic nitrogens is 2. The van der Waals surface area contributed by atoms with Crippen LogP contribution < -0.4 is 5.73 Å². The van der Waals surface area contributed by atoms with Gasteiger partial charge >= 0.3 is 7.12 Å². The van der Waals surface area contributed by atoms with E-state index in [4.69, 9.17) is 15.0 Å². The van der Waals surface area contributed by atoms with Crippen molar-refractivity contribution in [1.29, 1.82) is 0 Å². The monoisotopic (exact) mass is 277 g/mol. The minimum absolute atomic E-state index is 0.348. The lowest BCUT2D eigenvalue weighted by Gasteiger charge is -2.32. The first-order chi connectivity index (χ1) is 9.29. The van der Waals surface area contributed by atoms with Gasteiger partial charge in [-0.3, -0.25) is 4.68 Å². The Hall–Kier alpha value is -1.11. The van der Waals surface area contributed by atoms with Crippen LogP contribution in [0.1, 0.15) is 40.2 Å². The van der Waals surface area contributed by atoms with E-state index in [1.54, 1.807) is 0 Å². The molecule has 6 heteroatoms. The van der Waals surface area contributed by atoms with Gasteiger partial charge in [-0.15, -0.1) is 0 Å². The fraction of sp³-hybridized carbons (Fsp3) is 0.643. The molecule has 1 saturated heterocycles. The van der Waals surface area contributed by atoms with Gasteiger partial charge in [-0.25, -0.2) is 0 Å². The van der Waals surface area contributed by atoms with E-state index < -0.39 is 7.12 Å². The number of rotatable bonds is 4. The Labute approximate surface area is 121 Å². The first-order valence-corrected chi connectivity index (χ1v) is 7.07. The number of nitrogens with zero attached hydrogens (tertiary/aromatic N) is 2. The topological polar surface area (TPSA) is 62.3 Å². The predicted octanol–water partition coefficient (Wildman–Crippen LogP) is 1.88. The van der Waals surface area contributed by atoms with Crippen molar-refractivity contribution < 1.29 is 9.31 Å². The Morgan fingerprint density at radius 3 is 2.40 bits per heavy atom. The zero-order valence-corrected chi connectivity index (χ0v) is 13.0. The smallest absolute Gasteiger partial charge is 0.400 e. The van der Waals surface area contributed by atoms with Crippen LogP contribution in [0.15, 0.2) is 17.9 Å². The molecule has 0 saturated carbocycles. The minimum atomic E-state index is -0.394. The average molecular weight is 277 g/mol. The molecule has 2 heterocycles. The summed E-state index contributed by atoms with van der Waals surface area (Å²) in [6.07, 6.45) is 5.81. The van der Waals surface area contributed by atoms with Crippen LogP contribution in [0.2, 0.25) is 0 Å². The van der Waals surface area contributed by atoms with Crippen LogP contribution in [-0.4, -0.2) is 34.6 Å². The lowest BCUT2D eigenvalue weighted by Crippen LogP contribution is -2.41. The van der Waals surface area contributed by atoms with Crippen LogP contribution in [0.5, 0.6) is 0 Å². The Bertz CT molecular complexity index is 492. The molecule has 110 valence electrons. The molecular formula is C14H24BN3O2. The largest absolute Gasteiger partial charge is 0.491 e. The van der Waals surface area contributed by atoms with Gasteiger partial charge in [0.05, 0.1) is 17.4 Å². The molecular weight excluding hydrogens is 253 g/mol. The highest BCUT2D eigenvalue weighted by atomic mass is 16.7. The van der Waals surface area contributed by atoms with Crippen LogP contribution >= 0.6 is 0 Å². The predicted molar refractivity (Wildman–Crippen MR) is 81.0 cm³/mol. The first kappa shape index (κ1) is 15.3. The van der Waals surface area contributed by atoms with E-state index in [9.17, 15) is 0 Å². The van der Waals surface area contributed by atoms with Gasteiger partial charge in [-0.2, -0.15) is 5.10 Å². The van der Waals surface area contributed by atoms with Gasteiger partial charge in [0, 0.05) is 24.8 Å². The molecule has 0 aromatic carbocycles. The summed E-state index contributed by atoms with van der Waals surface area (Å²) in [6.45, 7) is 11.5. The molecule has 0 atom stereocenters. The standard InChI is InChI=1S/C14H24BN3O2/c1-6-18-10-11(9-17-18)7-12(8-16)15-19-13(2,3)14(4,5)20-15/h7,9-10H,6,8,16H2,1-5H3. The average Bonchev–Trinajstić information content (AvgIpc) is 2.89. The van der Waals surface area contributed by atoms with E-state index >= 15 is 0 Å². The van der Waals surface area contributed by atoms with Crippen LogP contribution in [0, 0.1) is 0 Å². The van der Waals surface area contributed by atoms with E-state index in [1.165, 1.54) is 0 Å². The van der Waals surface area contributed by atoms with Crippen molar-refractivity contribution in [3.8, 4) is 0 Å². The second kappa shape index (κ2) is 5.35. The highest BCUT2D eigenvalue weighted by Gasteiger charge is 2.52. The maximum Gasteiger partial charge on any atom is 0.491 e. The summed E-state index contributed by atoms with van der Waals surface area (Å²) < 4.78 is 13.9. The second-order valence-corrected chi connectivity index (χ2v) is 6.14. The van der Waals surface area contributed by atoms with Crippen molar-refractivity contribution in [3.63, 3.8) is 0 Å². The molecule has 5 nitrogen and oxygen atoms in total. The zero-order chi connectivity index (χ0) is 15.0. The van der Waals surface area contributed by atoms with Crippen molar-refractivity contribution in [2.75, 3.05) is 6.54 Å². The summed E-state index contributed by atoms with van der Waals surface area (Å²) in [5, 5.41) is 4.26. The number of hydrogen-bond donors (Lipinski definition) is 1. The summed E-state index contributed by atoms with van der Waals surface area (Å²) in [7, 11) is -0.394. The van der Waals surface area contributed by atoms with Gasteiger partial charge in [0.1, 0.15) is 0 Å². The van der Waals surface area contributed by atoms with Gasteiger partial charge in [-0.05, 0) is 40.1 Å². The summed E-state index contributed by atoms with van der Waals surface area (Å²) in [6, 6.07) is 0. The third-order valence-corrected chi connectivity index (χ3v) is 4.12. The van der Waals surface area contributed by atoms with E-state index in [1.807, 2.05) is 50.8 Å². The minimum Gasteiger partial charge on any atom is -0.400 e. The Morgan fingerprint density at radius 1 is 1.35 bits per heavy atom. The van der Waals surface area contributed by atoms with Crippen molar-refractivity contribution in [1.82, 2.24) is 9.78 Å². The van der Waals surface area contributed by atoms with Crippen LogP contribution in [-0.2, 0) is 15.9 Å². The number of hydrogen-bond acceptors (Lipinski definition) is 4. The Kier molecular flexibility index (Phi) is 4.09. The molecule has 0 radical (unpaired) electrons. The lowest BCUT2D eigenvalue weighted by atomic mass is 9.77. The lowest BCUT2D eigenvalue weighted by molar-refractivity contribution is 0.00578. The van der Waals surface area contributed by atoms with E-state index in [0.717, 1.165) is 17.6 Å². The highest BCUT2D eigenvalue weighted by Crippen LogP contribution is 2.38. The molecule has 1 aromatic rings. The summed E-state index contributed by atoms with van der Waals surface area (Å²) in [4.78, 5) is 0. The Morgan fingerprint density at radius 2 is 1.95 bits per heavy atom. The normalized spacial score (nSPS) is 21.5. The van der Waals surface area contributed by atoms with Crippen molar-refractivity contribution >= 4 is 13.2 Å². The van der Waals surface area contributed by atoms with Gasteiger partial charge in [0.15, 0.2) is 0 Å². The fourth-order valence-electron chi connectivity index (χ4n) is 2.06. The van der Waals surface area contributed by atoms with Gasteiger partial charge < -0.3 is 15.0 Å². The SMILES string of the molecule is CCn1cc(C=C(CN)B2OC(C)(C)C(C)(C)O2)cn1. The zero-order valence-electron chi connectivity index (χ0n) is 13.0. The molecule has 0 bridgehead atoms. The van der Waals surface area contributed by atoms with Crippen molar-refractivity contribution in [2.24, 2.45) is 5.73 Å². The van der Waals surface area contributed by atoms with Crippen LogP contribution in [0.4, 0.5) is 0 Å². The molecule has 20 heavy (non-hydrogen) atoms. The highest BCUT2D eigenvalue weighted by molar-refractivity contribution is 6.55. The van der Waals surface area contributed by atoms with E-state index in [-0.39, 0.29) is 11.2 Å². The summed E-state index contributed by atoms with van der Waals surface area (Å²) in [5.41, 5.74) is 7.11. The quantitative estimate of drug-likeness (QED) is 0.853. The van der Waals surface area contributed by atoms with Crippen LogP contribution in [0.3, 0.4) is 0 Å². The van der Waals surface area contributed by atoms with Crippen LogP contribution in [0.25, 0.3) is 6.08 Å². The van der Waals surface area contributed by atoms with Gasteiger partial charge in [0.25, 0.3) is 0 Å². The third-order valence-electron chi connectivity index (χ3n) is 4.12. The van der Waals surface area contributed by atoms with Gasteiger partial charge in [-0.1, -0.05) is 6.08 Å². The molecule has 0 amide bonds. The van der Waals surface area contributed by atoms with E-state index in [0.29, 0.717) is 6.54 Å². The second-order valence-electron chi connectivity index (χ2n) is 6.14. The Balaban J connectivity index is 2.21. The molecule has 1 aliphatic heterocycles. The molecule has 1 aromatic heterocycles. The van der Waals surface area contributed by atoms with E-state index in [2.05, 4.69) is 12.0 Å². The molecule has 2 N–H and O–H groups in total. The molecule has 2 rings (SSSR count). The van der Waals surface area contributed by atoms with Crippen molar-refractivity contribution in [2.45, 2.75) is 52.4 Å². The van der Waals surface area contributed by atoms with Crippen molar-refractivity contribution in [3.05, 3.63) is 23.4 Å². The molecule has 0 spiro atoms. The maximum atomic E-state index is 6.02. The van der Waals surface area contributed by atoms with Gasteiger partial charge in [0.2, 0.25) is 0 Å². The molecule has 1 fully saturated rings. The fourth-order valence-corrected chi connectivity index (χ4v) is 2.06. The molecule has 0 aliphatic carbocycles. The number of nitrogens with two attached hydrogens (primary N) is 1. The third kappa shape index (κ3) is 2.82. The number of aryl methyl sites for hydroxylation is 1. The molecule has 0 unspecified atom stereocenters.